The molecule has 0 aliphatic carbocycles. The summed E-state index contributed by atoms with van der Waals surface area (Å²) < 4.78 is 14.1. The molecule has 132 valence electrons. The molecule has 0 aliphatic heterocycles. The van der Waals surface area contributed by atoms with E-state index >= 15 is 0 Å². The van der Waals surface area contributed by atoms with Gasteiger partial charge in [0.05, 0.1) is 0 Å². The first-order valence-corrected chi connectivity index (χ1v) is 13.3. The van der Waals surface area contributed by atoms with Crippen LogP contribution in [0.5, 0.6) is 0 Å². The molecule has 0 bridgehead atoms. The third kappa shape index (κ3) is 42.8. The Morgan fingerprint density at radius 2 is 0.955 bits per heavy atom. The molecule has 0 aromatic heterocycles. The number of aliphatic hydroxyl groups excluding tert-OH is 3. The molecular weight excluding hydrogens is 423 g/mol. The van der Waals surface area contributed by atoms with E-state index in [0.717, 1.165) is 4.40 Å². The van der Waals surface area contributed by atoms with E-state index in [9.17, 15) is 3.50 Å². The van der Waals surface area contributed by atoms with Crippen LogP contribution < -0.4 is 4.40 Å². The predicted octanol–water partition coefficient (Wildman–Crippen LogP) is 2.95. The third-order valence-electron chi connectivity index (χ3n) is 1.35. The van der Waals surface area contributed by atoms with Gasteiger partial charge in [0.25, 0.3) is 0 Å². The van der Waals surface area contributed by atoms with Crippen LogP contribution in [0.25, 0.3) is 0 Å². The minimum atomic E-state index is -2.94. The summed E-state index contributed by atoms with van der Waals surface area (Å²) in [5.74, 6) is 3.49. The molecule has 0 unspecified atom stereocenters. The topological polar surface area (TPSA) is 60.7 Å². The van der Waals surface area contributed by atoms with Crippen molar-refractivity contribution in [3.8, 4) is 0 Å². The Kier molecular flexibility index (Phi) is 24.8. The molecule has 3 N–H and O–H groups in total. The fraction of sp³-hybridized carbons (Fsp3) is 0.688. The maximum atomic E-state index is 13.1. The second-order valence-corrected chi connectivity index (χ2v) is 13.3. The van der Waals surface area contributed by atoms with Crippen LogP contribution in [0.2, 0.25) is 11.5 Å². The monoisotopic (exact) mass is 457 g/mol. The normalized spacial score (nSPS) is 9.77. The van der Waals surface area contributed by atoms with Crippen LogP contribution in [0.4, 0.5) is 3.50 Å². The van der Waals surface area contributed by atoms with E-state index < -0.39 is 13.7 Å². The van der Waals surface area contributed by atoms with Crippen molar-refractivity contribution in [2.75, 3.05) is 0 Å². The molecule has 3 nitrogen and oxygen atoms in total. The van der Waals surface area contributed by atoms with Gasteiger partial charge in [0.2, 0.25) is 0 Å². The Balaban J connectivity index is -0.000000107. The van der Waals surface area contributed by atoms with Crippen molar-refractivity contribution in [1.82, 2.24) is 0 Å². The third-order valence-corrected chi connectivity index (χ3v) is 4.93. The van der Waals surface area contributed by atoms with E-state index in [1.165, 1.54) is 0 Å². The summed E-state index contributed by atoms with van der Waals surface area (Å²) in [6.07, 6.45) is -0.500. The standard InChI is InChI=1S/C7H10FGe.3C3H8O.Zr/c1-9(2,8)7-5-3-4-6-7;3*1-3(2)4;/h3-6H,1-2H3;3*3-4H,1-2H3;/q-1;;;;. The second-order valence-electron chi connectivity index (χ2n) is 5.93. The van der Waals surface area contributed by atoms with Crippen LogP contribution >= 0.6 is 0 Å². The number of halogens is 1. The van der Waals surface area contributed by atoms with Gasteiger partial charge in [-0.1, -0.05) is 0 Å². The molecule has 1 rings (SSSR count). The van der Waals surface area contributed by atoms with E-state index in [4.69, 9.17) is 15.3 Å². The van der Waals surface area contributed by atoms with Crippen molar-refractivity contribution >= 4 is 18.1 Å². The minimum Gasteiger partial charge on any atom is 0 e. The van der Waals surface area contributed by atoms with Gasteiger partial charge in [0.15, 0.2) is 0 Å². The van der Waals surface area contributed by atoms with Crippen LogP contribution in [0.1, 0.15) is 41.5 Å². The molecule has 1 aromatic rings. The molecule has 1 aromatic carbocycles. The fourth-order valence-corrected chi connectivity index (χ4v) is 2.84. The molecule has 0 saturated heterocycles. The maximum Gasteiger partial charge on any atom is 0 e. The summed E-state index contributed by atoms with van der Waals surface area (Å²) in [4.78, 5) is 0. The van der Waals surface area contributed by atoms with Crippen molar-refractivity contribution in [3.63, 3.8) is 0 Å². The Morgan fingerprint density at radius 3 is 1.05 bits per heavy atom. The van der Waals surface area contributed by atoms with E-state index in [0.29, 0.717) is 0 Å². The van der Waals surface area contributed by atoms with Crippen LogP contribution in [-0.2, 0) is 26.2 Å². The first-order valence-electron chi connectivity index (χ1n) is 7.26. The summed E-state index contributed by atoms with van der Waals surface area (Å²) >= 11 is -2.94. The zero-order valence-corrected chi connectivity index (χ0v) is 19.8. The Hall–Kier alpha value is 0.586. The Morgan fingerprint density at radius 1 is 0.773 bits per heavy atom. The molecule has 0 atom stereocenters. The molecule has 0 heterocycles. The number of aliphatic hydroxyl groups is 3. The maximum absolute atomic E-state index is 13.1. The van der Waals surface area contributed by atoms with Gasteiger partial charge in [0, 0.05) is 44.5 Å². The molecule has 22 heavy (non-hydrogen) atoms. The van der Waals surface area contributed by atoms with Crippen molar-refractivity contribution in [2.45, 2.75) is 71.4 Å². The van der Waals surface area contributed by atoms with Crippen molar-refractivity contribution in [1.29, 1.82) is 0 Å². The van der Waals surface area contributed by atoms with Gasteiger partial charge < -0.3 is 15.3 Å². The van der Waals surface area contributed by atoms with Gasteiger partial charge in [-0.15, -0.1) is 0 Å². The summed E-state index contributed by atoms with van der Waals surface area (Å²) in [5.41, 5.74) is 0. The molecule has 6 heteroatoms. The van der Waals surface area contributed by atoms with Crippen LogP contribution in [0, 0.1) is 0 Å². The minimum absolute atomic E-state index is 0. The molecule has 0 spiro atoms. The van der Waals surface area contributed by atoms with Gasteiger partial charge in [-0.2, -0.15) is 0 Å². The Bertz CT molecular complexity index is 274. The van der Waals surface area contributed by atoms with Crippen molar-refractivity contribution in [2.24, 2.45) is 0 Å². The first kappa shape index (κ1) is 30.5. The smallest absolute Gasteiger partial charge is 0 e. The van der Waals surface area contributed by atoms with E-state index in [-0.39, 0.29) is 44.5 Å². The van der Waals surface area contributed by atoms with E-state index in [1.54, 1.807) is 53.1 Å². The zero-order valence-electron chi connectivity index (χ0n) is 15.3. The van der Waals surface area contributed by atoms with E-state index in [2.05, 4.69) is 0 Å². The van der Waals surface area contributed by atoms with Gasteiger partial charge in [-0.25, -0.2) is 0 Å². The molecule has 0 radical (unpaired) electrons. The summed E-state index contributed by atoms with van der Waals surface area (Å²) in [7, 11) is 0. The molecule has 0 fully saturated rings. The zero-order chi connectivity index (χ0) is 17.6. The average Bonchev–Trinajstić information content (AvgIpc) is 2.64. The number of hydrogen-bond donors (Lipinski definition) is 3. The van der Waals surface area contributed by atoms with Gasteiger partial charge in [-0.3, -0.25) is 0 Å². The van der Waals surface area contributed by atoms with Crippen LogP contribution in [0.15, 0.2) is 24.3 Å². The summed E-state index contributed by atoms with van der Waals surface area (Å²) in [6, 6.07) is 7.53. The van der Waals surface area contributed by atoms with Crippen LogP contribution in [0.3, 0.4) is 0 Å². The predicted molar refractivity (Wildman–Crippen MR) is 92.3 cm³/mol. The second kappa shape index (κ2) is 17.9. The molecular formula is C16H34FGeO3Zr-. The number of rotatable bonds is 1. The molecule has 0 amide bonds. The summed E-state index contributed by atoms with van der Waals surface area (Å²) in [5, 5.41) is 24.2. The van der Waals surface area contributed by atoms with E-state index in [1.807, 2.05) is 24.3 Å². The first-order chi connectivity index (χ1) is 9.30. The van der Waals surface area contributed by atoms with Crippen molar-refractivity contribution < 1.29 is 45.0 Å². The van der Waals surface area contributed by atoms with Crippen LogP contribution in [-0.4, -0.2) is 47.4 Å². The summed E-state index contributed by atoms with van der Waals surface area (Å²) in [6.45, 7) is 10.3. The van der Waals surface area contributed by atoms with Crippen molar-refractivity contribution in [3.05, 3.63) is 24.3 Å². The van der Waals surface area contributed by atoms with Gasteiger partial charge in [0.1, 0.15) is 0 Å². The fourth-order valence-electron chi connectivity index (χ4n) is 0.770. The average molecular weight is 457 g/mol. The quantitative estimate of drug-likeness (QED) is 0.449. The molecule has 0 aliphatic rings. The van der Waals surface area contributed by atoms with Gasteiger partial charge >= 0.3 is 57.4 Å². The SMILES string of the molecule is CC(C)O.CC(C)O.CC(C)O.[CH3][Ge]([CH3])([F])[c-]1cccc1.[Zr]. The largest absolute Gasteiger partial charge is 0 e. The van der Waals surface area contributed by atoms with Gasteiger partial charge in [-0.05, 0) is 41.5 Å². The Labute approximate surface area is 158 Å². The molecule has 0 saturated carbocycles. The number of hydrogen-bond acceptors (Lipinski definition) is 3.